The molecule has 0 spiro atoms. The number of hydrogen-bond acceptors (Lipinski definition) is 3. The second-order valence-electron chi connectivity index (χ2n) is 10.3. The maximum absolute atomic E-state index is 13.2. The Bertz CT molecular complexity index is 949. The zero-order valence-corrected chi connectivity index (χ0v) is 21.5. The van der Waals surface area contributed by atoms with Gasteiger partial charge in [-0.25, -0.2) is 4.79 Å². The molecule has 1 atom stereocenters. The Morgan fingerprint density at radius 3 is 2.25 bits per heavy atom. The number of rotatable bonds is 8. The highest BCUT2D eigenvalue weighted by molar-refractivity contribution is 6.80. The quantitative estimate of drug-likeness (QED) is 0.392. The van der Waals surface area contributed by atoms with Crippen molar-refractivity contribution in [2.45, 2.75) is 64.5 Å². The molecule has 0 bridgehead atoms. The Morgan fingerprint density at radius 1 is 1.06 bits per heavy atom. The lowest BCUT2D eigenvalue weighted by Crippen LogP contribution is -2.44. The first-order valence-electron chi connectivity index (χ1n) is 11.4. The summed E-state index contributed by atoms with van der Waals surface area (Å²) in [4.78, 5) is 15.0. The average molecular weight is 452 g/mol. The SMILES string of the molecule is COc1ccc(C2C=C(C[Si](C)(C)C(C)(C)C(C)C)OC(=O)N2Cc2ccccc2)cc1. The second-order valence-corrected chi connectivity index (χ2v) is 15.7. The summed E-state index contributed by atoms with van der Waals surface area (Å²) in [7, 11) is -0.0739. The van der Waals surface area contributed by atoms with Crippen molar-refractivity contribution in [3.63, 3.8) is 0 Å². The number of allylic oxidation sites excluding steroid dienone is 1. The van der Waals surface area contributed by atoms with E-state index in [1.165, 1.54) is 0 Å². The highest BCUT2D eigenvalue weighted by Gasteiger charge is 2.43. The van der Waals surface area contributed by atoms with Crippen LogP contribution in [0.2, 0.25) is 24.2 Å². The van der Waals surface area contributed by atoms with Crippen LogP contribution in [0.3, 0.4) is 0 Å². The molecule has 1 heterocycles. The van der Waals surface area contributed by atoms with Crippen LogP contribution in [0.25, 0.3) is 0 Å². The smallest absolute Gasteiger partial charge is 0.415 e. The van der Waals surface area contributed by atoms with Crippen LogP contribution in [0.15, 0.2) is 66.4 Å². The van der Waals surface area contributed by atoms with Gasteiger partial charge in [-0.05, 0) is 40.3 Å². The highest BCUT2D eigenvalue weighted by atomic mass is 28.3. The molecular weight excluding hydrogens is 414 g/mol. The van der Waals surface area contributed by atoms with E-state index >= 15 is 0 Å². The number of carbonyl (C=O) groups excluding carboxylic acids is 1. The molecule has 0 radical (unpaired) electrons. The van der Waals surface area contributed by atoms with Crippen molar-refractivity contribution >= 4 is 14.2 Å². The van der Waals surface area contributed by atoms with Crippen molar-refractivity contribution in [3.05, 3.63) is 77.6 Å². The molecular formula is C27H37NO3Si. The standard InChI is InChI=1S/C27H37NO3Si/c1-20(2)27(3,4)32(6,7)19-24-17-25(22-13-15-23(30-5)16-14-22)28(26(29)31-24)18-21-11-9-8-10-12-21/h8-17,20,25H,18-19H2,1-7H3. The van der Waals surface area contributed by atoms with Crippen LogP contribution in [0.4, 0.5) is 4.79 Å². The minimum absolute atomic E-state index is 0.177. The van der Waals surface area contributed by atoms with Gasteiger partial charge < -0.3 is 9.47 Å². The summed E-state index contributed by atoms with van der Waals surface area (Å²) >= 11 is 0. The number of methoxy groups -OCH3 is 1. The predicted octanol–water partition coefficient (Wildman–Crippen LogP) is 7.42. The molecule has 2 aromatic rings. The molecule has 1 aliphatic rings. The summed E-state index contributed by atoms with van der Waals surface area (Å²) < 4.78 is 11.3. The molecule has 0 aliphatic carbocycles. The van der Waals surface area contributed by atoms with Gasteiger partial charge in [-0.3, -0.25) is 4.90 Å². The highest BCUT2D eigenvalue weighted by Crippen LogP contribution is 2.48. The Hall–Kier alpha value is -2.53. The van der Waals surface area contributed by atoms with E-state index < -0.39 is 8.07 Å². The molecule has 1 aliphatic heterocycles. The zero-order chi connectivity index (χ0) is 23.5. The first-order chi connectivity index (χ1) is 15.0. The number of ether oxygens (including phenoxy) is 2. The van der Waals surface area contributed by atoms with Crippen LogP contribution in [0.5, 0.6) is 5.75 Å². The van der Waals surface area contributed by atoms with Crippen LogP contribution in [-0.2, 0) is 11.3 Å². The van der Waals surface area contributed by atoms with E-state index in [1.54, 1.807) is 7.11 Å². The average Bonchev–Trinajstić information content (AvgIpc) is 2.75. The van der Waals surface area contributed by atoms with Gasteiger partial charge in [0.05, 0.1) is 21.2 Å². The van der Waals surface area contributed by atoms with Gasteiger partial charge in [0.15, 0.2) is 0 Å². The molecule has 0 N–H and O–H groups in total. The summed E-state index contributed by atoms with van der Waals surface area (Å²) in [5, 5.41) is 0.219. The Kier molecular flexibility index (Phi) is 7.18. The van der Waals surface area contributed by atoms with Gasteiger partial charge in [-0.1, -0.05) is 83.3 Å². The maximum atomic E-state index is 13.2. The molecule has 0 saturated heterocycles. The van der Waals surface area contributed by atoms with Gasteiger partial charge in [0.25, 0.3) is 0 Å². The fourth-order valence-corrected chi connectivity index (χ4v) is 7.22. The second kappa shape index (κ2) is 9.53. The van der Waals surface area contributed by atoms with Gasteiger partial charge in [0.1, 0.15) is 11.5 Å². The van der Waals surface area contributed by atoms with Gasteiger partial charge in [0, 0.05) is 12.6 Å². The summed E-state index contributed by atoms with van der Waals surface area (Å²) in [6.07, 6.45) is 1.87. The van der Waals surface area contributed by atoms with Crippen molar-refractivity contribution in [1.29, 1.82) is 0 Å². The van der Waals surface area contributed by atoms with Crippen molar-refractivity contribution < 1.29 is 14.3 Å². The molecule has 4 nitrogen and oxygen atoms in total. The van der Waals surface area contributed by atoms with Crippen LogP contribution in [0.1, 0.15) is 44.9 Å². The normalized spacial score (nSPS) is 17.2. The molecule has 0 aromatic heterocycles. The lowest BCUT2D eigenvalue weighted by atomic mass is 9.99. The van der Waals surface area contributed by atoms with Crippen molar-refractivity contribution in [1.82, 2.24) is 4.90 Å². The van der Waals surface area contributed by atoms with E-state index in [0.717, 1.165) is 28.7 Å². The lowest BCUT2D eigenvalue weighted by Gasteiger charge is -2.44. The Labute approximate surface area is 194 Å². The molecule has 1 amide bonds. The largest absolute Gasteiger partial charge is 0.497 e. The van der Waals surface area contributed by atoms with Crippen LogP contribution in [-0.4, -0.2) is 26.2 Å². The Balaban J connectivity index is 1.96. The number of nitrogens with zero attached hydrogens (tertiary/aromatic N) is 1. The minimum atomic E-state index is -1.74. The minimum Gasteiger partial charge on any atom is -0.497 e. The monoisotopic (exact) mass is 451 g/mol. The zero-order valence-electron chi connectivity index (χ0n) is 20.5. The molecule has 32 heavy (non-hydrogen) atoms. The van der Waals surface area contributed by atoms with Crippen LogP contribution in [0, 0.1) is 5.92 Å². The molecule has 0 fully saturated rings. The van der Waals surface area contributed by atoms with Crippen LogP contribution < -0.4 is 4.74 Å². The topological polar surface area (TPSA) is 38.8 Å². The summed E-state index contributed by atoms with van der Waals surface area (Å²) in [6.45, 7) is 14.6. The molecule has 0 saturated carbocycles. The fourth-order valence-electron chi connectivity index (χ4n) is 4.14. The van der Waals surface area contributed by atoms with Crippen molar-refractivity contribution in [2.24, 2.45) is 5.92 Å². The third kappa shape index (κ3) is 5.09. The van der Waals surface area contributed by atoms with Gasteiger partial charge in [-0.15, -0.1) is 0 Å². The fraction of sp³-hybridized carbons (Fsp3) is 0.444. The molecule has 5 heteroatoms. The molecule has 172 valence electrons. The van der Waals surface area contributed by atoms with Crippen LogP contribution >= 0.6 is 0 Å². The summed E-state index contributed by atoms with van der Waals surface area (Å²) in [6, 6.07) is 18.7. The predicted molar refractivity (Wildman–Crippen MR) is 133 cm³/mol. The third-order valence-corrected chi connectivity index (χ3v) is 12.9. The third-order valence-electron chi connectivity index (χ3n) is 7.59. The van der Waals surface area contributed by atoms with E-state index in [1.807, 2.05) is 59.5 Å². The number of cyclic esters (lactones) is 1. The molecule has 2 aromatic carbocycles. The number of benzene rings is 2. The Morgan fingerprint density at radius 2 is 1.69 bits per heavy atom. The molecule has 1 unspecified atom stereocenters. The van der Waals surface area contributed by atoms with Gasteiger partial charge in [-0.2, -0.15) is 0 Å². The first kappa shape index (κ1) is 24.1. The maximum Gasteiger partial charge on any atom is 0.415 e. The number of carbonyl (C=O) groups is 1. The van der Waals surface area contributed by atoms with E-state index in [9.17, 15) is 4.79 Å². The van der Waals surface area contributed by atoms with E-state index in [2.05, 4.69) is 46.9 Å². The van der Waals surface area contributed by atoms with Gasteiger partial charge >= 0.3 is 6.09 Å². The lowest BCUT2D eigenvalue weighted by molar-refractivity contribution is 0.100. The van der Waals surface area contributed by atoms with E-state index in [4.69, 9.17) is 9.47 Å². The molecule has 3 rings (SSSR count). The summed E-state index contributed by atoms with van der Waals surface area (Å²) in [5.74, 6) is 2.18. The summed E-state index contributed by atoms with van der Waals surface area (Å²) in [5.41, 5.74) is 2.13. The van der Waals surface area contributed by atoms with Crippen molar-refractivity contribution in [2.75, 3.05) is 7.11 Å². The number of amides is 1. The van der Waals surface area contributed by atoms with E-state index in [0.29, 0.717) is 12.5 Å². The first-order valence-corrected chi connectivity index (χ1v) is 14.6. The van der Waals surface area contributed by atoms with Crippen molar-refractivity contribution in [3.8, 4) is 5.75 Å². The number of hydrogen-bond donors (Lipinski definition) is 0. The van der Waals surface area contributed by atoms with Gasteiger partial charge in [0.2, 0.25) is 0 Å². The van der Waals surface area contributed by atoms with E-state index in [-0.39, 0.29) is 17.2 Å².